The van der Waals surface area contributed by atoms with Crippen molar-refractivity contribution in [2.75, 3.05) is 0 Å². The highest BCUT2D eigenvalue weighted by Crippen LogP contribution is 2.25. The molecule has 0 unspecified atom stereocenters. The number of aromatic amines is 1. The van der Waals surface area contributed by atoms with Crippen molar-refractivity contribution < 1.29 is 0 Å². The maximum absolute atomic E-state index is 8.76. The van der Waals surface area contributed by atoms with E-state index in [2.05, 4.69) is 42.5 Å². The Morgan fingerprint density at radius 3 is 2.70 bits per heavy atom. The van der Waals surface area contributed by atoms with E-state index in [4.69, 9.17) is 5.26 Å². The zero-order valence-corrected chi connectivity index (χ0v) is 12.4. The average molecular weight is 373 g/mol. The van der Waals surface area contributed by atoms with Gasteiger partial charge in [-0.05, 0) is 46.9 Å². The first-order valence-corrected chi connectivity index (χ1v) is 6.89. The van der Waals surface area contributed by atoms with Crippen LogP contribution in [0.3, 0.4) is 0 Å². The van der Waals surface area contributed by atoms with Crippen molar-refractivity contribution in [3.63, 3.8) is 0 Å². The SMILES string of the molecule is N#Cc1ccc(-c2nc(-c3ccccn3)[nH]c2I)cn1. The van der Waals surface area contributed by atoms with Crippen LogP contribution in [-0.4, -0.2) is 19.9 Å². The van der Waals surface area contributed by atoms with Crippen molar-refractivity contribution in [2.24, 2.45) is 0 Å². The Kier molecular flexibility index (Phi) is 3.43. The molecule has 0 aliphatic carbocycles. The fourth-order valence-electron chi connectivity index (χ4n) is 1.77. The molecule has 20 heavy (non-hydrogen) atoms. The van der Waals surface area contributed by atoms with E-state index in [9.17, 15) is 0 Å². The first-order chi connectivity index (χ1) is 9.78. The van der Waals surface area contributed by atoms with Crippen molar-refractivity contribution in [2.45, 2.75) is 0 Å². The molecule has 3 aromatic rings. The number of halogens is 1. The lowest BCUT2D eigenvalue weighted by Gasteiger charge is -1.96. The molecule has 0 saturated heterocycles. The van der Waals surface area contributed by atoms with Crippen LogP contribution in [0.25, 0.3) is 22.8 Å². The van der Waals surface area contributed by atoms with E-state index < -0.39 is 0 Å². The fourth-order valence-corrected chi connectivity index (χ4v) is 2.45. The van der Waals surface area contributed by atoms with Gasteiger partial charge in [0.05, 0.1) is 0 Å². The van der Waals surface area contributed by atoms with Gasteiger partial charge in [-0.2, -0.15) is 5.26 Å². The maximum atomic E-state index is 8.76. The summed E-state index contributed by atoms with van der Waals surface area (Å²) in [5, 5.41) is 8.76. The quantitative estimate of drug-likeness (QED) is 0.701. The molecule has 6 heteroatoms. The Labute approximate surface area is 128 Å². The summed E-state index contributed by atoms with van der Waals surface area (Å²) < 4.78 is 0.912. The van der Waals surface area contributed by atoms with Crippen molar-refractivity contribution >= 4 is 22.6 Å². The molecule has 0 saturated carbocycles. The lowest BCUT2D eigenvalue weighted by atomic mass is 10.2. The molecule has 0 aromatic carbocycles. The van der Waals surface area contributed by atoms with Crippen LogP contribution in [0, 0.1) is 15.0 Å². The molecular formula is C14H8IN5. The summed E-state index contributed by atoms with van der Waals surface area (Å²) in [6.45, 7) is 0. The topological polar surface area (TPSA) is 78.2 Å². The minimum Gasteiger partial charge on any atom is -0.332 e. The first-order valence-electron chi connectivity index (χ1n) is 5.81. The average Bonchev–Trinajstić information content (AvgIpc) is 2.90. The van der Waals surface area contributed by atoms with Gasteiger partial charge in [0, 0.05) is 18.0 Å². The van der Waals surface area contributed by atoms with Crippen molar-refractivity contribution in [3.8, 4) is 28.8 Å². The Balaban J connectivity index is 2.03. The standard InChI is InChI=1S/C14H8IN5/c15-13-12(9-4-5-10(7-16)18-8-9)19-14(20-13)11-3-1-2-6-17-11/h1-6,8H,(H,19,20). The molecule has 0 radical (unpaired) electrons. The highest BCUT2D eigenvalue weighted by atomic mass is 127. The smallest absolute Gasteiger partial charge is 0.157 e. The van der Waals surface area contributed by atoms with Crippen molar-refractivity contribution in [1.82, 2.24) is 19.9 Å². The van der Waals surface area contributed by atoms with Crippen LogP contribution in [0.15, 0.2) is 42.7 Å². The molecule has 0 spiro atoms. The van der Waals surface area contributed by atoms with Crippen LogP contribution in [0.5, 0.6) is 0 Å². The number of imidazole rings is 1. The van der Waals surface area contributed by atoms with E-state index in [1.54, 1.807) is 18.5 Å². The second kappa shape index (κ2) is 5.38. The first kappa shape index (κ1) is 12.7. The number of aromatic nitrogens is 4. The van der Waals surface area contributed by atoms with Gasteiger partial charge in [-0.1, -0.05) is 6.07 Å². The van der Waals surface area contributed by atoms with Crippen LogP contribution >= 0.6 is 22.6 Å². The second-order valence-electron chi connectivity index (χ2n) is 4.01. The molecule has 5 nitrogen and oxygen atoms in total. The van der Waals surface area contributed by atoms with E-state index in [1.807, 2.05) is 30.3 Å². The largest absolute Gasteiger partial charge is 0.332 e. The molecule has 1 N–H and O–H groups in total. The van der Waals surface area contributed by atoms with Crippen LogP contribution in [0.2, 0.25) is 0 Å². The molecule has 0 aliphatic rings. The summed E-state index contributed by atoms with van der Waals surface area (Å²) in [6.07, 6.45) is 3.38. The van der Waals surface area contributed by atoms with E-state index in [-0.39, 0.29) is 0 Å². The van der Waals surface area contributed by atoms with Gasteiger partial charge in [-0.25, -0.2) is 9.97 Å². The van der Waals surface area contributed by atoms with Gasteiger partial charge < -0.3 is 4.98 Å². The summed E-state index contributed by atoms with van der Waals surface area (Å²) in [4.78, 5) is 16.1. The number of nitrogens with zero attached hydrogens (tertiary/aromatic N) is 4. The fraction of sp³-hybridized carbons (Fsp3) is 0. The molecule has 0 aliphatic heterocycles. The lowest BCUT2D eigenvalue weighted by Crippen LogP contribution is -1.86. The molecule has 96 valence electrons. The number of pyridine rings is 2. The summed E-state index contributed by atoms with van der Waals surface area (Å²) in [7, 11) is 0. The highest BCUT2D eigenvalue weighted by Gasteiger charge is 2.12. The predicted molar refractivity (Wildman–Crippen MR) is 82.5 cm³/mol. The van der Waals surface area contributed by atoms with Crippen molar-refractivity contribution in [1.29, 1.82) is 5.26 Å². The van der Waals surface area contributed by atoms with Crippen LogP contribution in [0.4, 0.5) is 0 Å². The third kappa shape index (κ3) is 2.40. The van der Waals surface area contributed by atoms with E-state index >= 15 is 0 Å². The molecule has 0 fully saturated rings. The van der Waals surface area contributed by atoms with Gasteiger partial charge in [0.2, 0.25) is 0 Å². The Bertz CT molecular complexity index is 772. The van der Waals surface area contributed by atoms with Gasteiger partial charge >= 0.3 is 0 Å². The van der Waals surface area contributed by atoms with Gasteiger partial charge in [0.25, 0.3) is 0 Å². The van der Waals surface area contributed by atoms with Crippen LogP contribution in [-0.2, 0) is 0 Å². The van der Waals surface area contributed by atoms with Gasteiger partial charge in [0.15, 0.2) is 5.82 Å². The lowest BCUT2D eigenvalue weighted by molar-refractivity contribution is 1.22. The van der Waals surface area contributed by atoms with Crippen molar-refractivity contribution in [3.05, 3.63) is 52.1 Å². The summed E-state index contributed by atoms with van der Waals surface area (Å²) in [5.74, 6) is 0.717. The van der Waals surface area contributed by atoms with E-state index in [0.29, 0.717) is 11.5 Å². The third-order valence-corrected chi connectivity index (χ3v) is 3.50. The minimum absolute atomic E-state index is 0.393. The number of nitriles is 1. The Morgan fingerprint density at radius 2 is 2.05 bits per heavy atom. The molecule has 3 rings (SSSR count). The monoisotopic (exact) mass is 373 g/mol. The number of hydrogen-bond donors (Lipinski definition) is 1. The zero-order chi connectivity index (χ0) is 13.9. The third-order valence-electron chi connectivity index (χ3n) is 2.72. The Hall–Kier alpha value is -2.27. The Morgan fingerprint density at radius 1 is 1.15 bits per heavy atom. The van der Waals surface area contributed by atoms with Gasteiger partial charge in [-0.15, -0.1) is 0 Å². The number of nitrogens with one attached hydrogen (secondary N) is 1. The van der Waals surface area contributed by atoms with E-state index in [1.165, 1.54) is 0 Å². The van der Waals surface area contributed by atoms with E-state index in [0.717, 1.165) is 20.7 Å². The van der Waals surface area contributed by atoms with Gasteiger partial charge in [-0.3, -0.25) is 4.98 Å². The molecule has 0 bridgehead atoms. The second-order valence-corrected chi connectivity index (χ2v) is 5.09. The zero-order valence-electron chi connectivity index (χ0n) is 10.2. The van der Waals surface area contributed by atoms with Crippen LogP contribution < -0.4 is 0 Å². The number of rotatable bonds is 2. The number of hydrogen-bond acceptors (Lipinski definition) is 4. The molecule has 3 heterocycles. The molecule has 3 aromatic heterocycles. The van der Waals surface area contributed by atoms with Crippen LogP contribution in [0.1, 0.15) is 5.69 Å². The molecule has 0 atom stereocenters. The van der Waals surface area contributed by atoms with Gasteiger partial charge in [0.1, 0.15) is 26.9 Å². The summed E-state index contributed by atoms with van der Waals surface area (Å²) in [6, 6.07) is 11.2. The normalized spacial score (nSPS) is 10.2. The minimum atomic E-state index is 0.393. The number of H-pyrrole nitrogens is 1. The molecular weight excluding hydrogens is 365 g/mol. The highest BCUT2D eigenvalue weighted by molar-refractivity contribution is 14.1. The molecule has 0 amide bonds. The predicted octanol–water partition coefficient (Wildman–Crippen LogP) is 3.01. The summed E-state index contributed by atoms with van der Waals surface area (Å²) >= 11 is 2.19. The maximum Gasteiger partial charge on any atom is 0.157 e. The summed E-state index contributed by atoms with van der Waals surface area (Å²) in [5.41, 5.74) is 2.86.